The zero-order valence-corrected chi connectivity index (χ0v) is 11.3. The lowest BCUT2D eigenvalue weighted by Gasteiger charge is -2.29. The lowest BCUT2D eigenvalue weighted by molar-refractivity contribution is 0.0980. The number of nitrogens with zero attached hydrogens (tertiary/aromatic N) is 1. The molecule has 0 radical (unpaired) electrons. The quantitative estimate of drug-likeness (QED) is 0.861. The Balaban J connectivity index is 1.84. The van der Waals surface area contributed by atoms with E-state index in [9.17, 15) is 0 Å². The molecule has 0 bridgehead atoms. The van der Waals surface area contributed by atoms with Gasteiger partial charge in [-0.15, -0.1) is 0 Å². The zero-order valence-electron chi connectivity index (χ0n) is 11.3. The monoisotopic (exact) mass is 246 g/mol. The minimum atomic E-state index is -0.0265. The van der Waals surface area contributed by atoms with Crippen LogP contribution in [0.25, 0.3) is 0 Å². The molecule has 1 aromatic carbocycles. The maximum absolute atomic E-state index is 6.35. The van der Waals surface area contributed by atoms with Crippen LogP contribution in [0.3, 0.4) is 0 Å². The maximum Gasteiger partial charge on any atom is 0.124 e. The minimum Gasteiger partial charge on any atom is -0.486 e. The predicted molar refractivity (Wildman–Crippen MR) is 73.0 cm³/mol. The molecule has 98 valence electrons. The third-order valence-corrected chi connectivity index (χ3v) is 4.09. The van der Waals surface area contributed by atoms with Crippen molar-refractivity contribution in [3.05, 3.63) is 29.3 Å². The highest BCUT2D eigenvalue weighted by Crippen LogP contribution is 2.31. The number of likely N-dealkylation sites (N-methyl/N-ethyl adjacent to an activating group) is 1. The zero-order chi connectivity index (χ0) is 12.6. The Morgan fingerprint density at radius 2 is 2.28 bits per heavy atom. The van der Waals surface area contributed by atoms with Gasteiger partial charge >= 0.3 is 0 Å². The number of ether oxygens (including phenoxy) is 1. The summed E-state index contributed by atoms with van der Waals surface area (Å²) >= 11 is 0. The second kappa shape index (κ2) is 4.56. The first-order chi connectivity index (χ1) is 8.66. The van der Waals surface area contributed by atoms with Gasteiger partial charge in [0, 0.05) is 31.6 Å². The highest BCUT2D eigenvalue weighted by atomic mass is 16.5. The van der Waals surface area contributed by atoms with Crippen molar-refractivity contribution in [1.82, 2.24) is 10.2 Å². The molecule has 2 aliphatic heterocycles. The van der Waals surface area contributed by atoms with E-state index < -0.39 is 0 Å². The first-order valence-corrected chi connectivity index (χ1v) is 6.85. The Hall–Kier alpha value is -1.06. The van der Waals surface area contributed by atoms with Gasteiger partial charge in [-0.25, -0.2) is 0 Å². The fourth-order valence-electron chi connectivity index (χ4n) is 3.08. The fraction of sp³-hybridized carbons (Fsp3) is 0.600. The van der Waals surface area contributed by atoms with Gasteiger partial charge in [0.2, 0.25) is 0 Å². The van der Waals surface area contributed by atoms with Crippen LogP contribution in [0.2, 0.25) is 0 Å². The van der Waals surface area contributed by atoms with Crippen LogP contribution < -0.4 is 10.1 Å². The highest BCUT2D eigenvalue weighted by Gasteiger charge is 2.34. The third kappa shape index (κ3) is 2.25. The molecule has 1 N–H and O–H groups in total. The van der Waals surface area contributed by atoms with Crippen molar-refractivity contribution < 1.29 is 4.74 Å². The van der Waals surface area contributed by atoms with E-state index in [0.717, 1.165) is 44.8 Å². The summed E-state index contributed by atoms with van der Waals surface area (Å²) in [6.07, 6.45) is 2.23. The lowest BCUT2D eigenvalue weighted by atomic mass is 9.99. The lowest BCUT2D eigenvalue weighted by Crippen LogP contribution is -2.36. The number of hydrogen-bond acceptors (Lipinski definition) is 3. The second-order valence-corrected chi connectivity index (χ2v) is 5.86. The second-order valence-electron chi connectivity index (χ2n) is 5.86. The van der Waals surface area contributed by atoms with Gasteiger partial charge in [-0.2, -0.15) is 0 Å². The smallest absolute Gasteiger partial charge is 0.124 e. The summed E-state index contributed by atoms with van der Waals surface area (Å²) in [4.78, 5) is 2.34. The topological polar surface area (TPSA) is 24.5 Å². The summed E-state index contributed by atoms with van der Waals surface area (Å²) in [6, 6.07) is 6.48. The molecule has 1 unspecified atom stereocenters. The molecule has 2 aliphatic rings. The van der Waals surface area contributed by atoms with Crippen molar-refractivity contribution in [2.24, 2.45) is 0 Å². The summed E-state index contributed by atoms with van der Waals surface area (Å²) in [5.41, 5.74) is 2.78. The van der Waals surface area contributed by atoms with Crippen molar-refractivity contribution in [1.29, 1.82) is 0 Å². The van der Waals surface area contributed by atoms with Crippen molar-refractivity contribution in [2.45, 2.75) is 31.9 Å². The molecule has 18 heavy (non-hydrogen) atoms. The third-order valence-electron chi connectivity index (χ3n) is 4.09. The van der Waals surface area contributed by atoms with Gasteiger partial charge in [0.25, 0.3) is 0 Å². The molecule has 1 saturated heterocycles. The van der Waals surface area contributed by atoms with E-state index in [-0.39, 0.29) is 5.60 Å². The summed E-state index contributed by atoms with van der Waals surface area (Å²) in [5, 5.41) is 3.44. The molecule has 3 rings (SSSR count). The Kier molecular flexibility index (Phi) is 3.04. The molecular formula is C15H22N2O. The normalized spacial score (nSPS) is 28.1. The van der Waals surface area contributed by atoms with E-state index in [0.29, 0.717) is 0 Å². The van der Waals surface area contributed by atoms with Gasteiger partial charge in [0.05, 0.1) is 0 Å². The molecule has 3 heteroatoms. The van der Waals surface area contributed by atoms with Crippen LogP contribution in [-0.2, 0) is 13.0 Å². The number of nitrogens with one attached hydrogen (secondary N) is 1. The number of hydrogen-bond donors (Lipinski definition) is 1. The van der Waals surface area contributed by atoms with E-state index >= 15 is 0 Å². The van der Waals surface area contributed by atoms with Crippen molar-refractivity contribution >= 4 is 0 Å². The maximum atomic E-state index is 6.35. The number of rotatable bonds is 2. The van der Waals surface area contributed by atoms with Crippen molar-refractivity contribution in [2.75, 3.05) is 26.7 Å². The van der Waals surface area contributed by atoms with Gasteiger partial charge < -0.3 is 15.0 Å². The summed E-state index contributed by atoms with van der Waals surface area (Å²) in [6.45, 7) is 6.40. The first-order valence-electron chi connectivity index (χ1n) is 6.85. The van der Waals surface area contributed by atoms with Crippen LogP contribution in [0, 0.1) is 0 Å². The van der Waals surface area contributed by atoms with Crippen molar-refractivity contribution in [3.63, 3.8) is 0 Å². The number of likely N-dealkylation sites (tertiary alicyclic amines) is 1. The van der Waals surface area contributed by atoms with Crippen LogP contribution in [0.15, 0.2) is 18.2 Å². The van der Waals surface area contributed by atoms with Gasteiger partial charge in [-0.05, 0) is 38.6 Å². The highest BCUT2D eigenvalue weighted by molar-refractivity contribution is 5.42. The van der Waals surface area contributed by atoms with Gasteiger partial charge in [-0.1, -0.05) is 12.1 Å². The van der Waals surface area contributed by atoms with Crippen LogP contribution in [0.1, 0.15) is 24.5 Å². The summed E-state index contributed by atoms with van der Waals surface area (Å²) in [7, 11) is 2.16. The van der Waals surface area contributed by atoms with E-state index in [2.05, 4.69) is 42.4 Å². The van der Waals surface area contributed by atoms with E-state index in [1.807, 2.05) is 0 Å². The molecule has 0 saturated carbocycles. The van der Waals surface area contributed by atoms with Gasteiger partial charge in [0.15, 0.2) is 0 Å². The molecule has 1 fully saturated rings. The van der Waals surface area contributed by atoms with Crippen LogP contribution >= 0.6 is 0 Å². The molecule has 0 amide bonds. The number of benzene rings is 1. The average Bonchev–Trinajstić information content (AvgIpc) is 2.70. The van der Waals surface area contributed by atoms with E-state index in [4.69, 9.17) is 4.74 Å². The van der Waals surface area contributed by atoms with Crippen LogP contribution in [0.4, 0.5) is 0 Å². The Morgan fingerprint density at radius 3 is 3.06 bits per heavy atom. The molecule has 2 heterocycles. The predicted octanol–water partition coefficient (Wildman–Crippen LogP) is 1.81. The average molecular weight is 246 g/mol. The van der Waals surface area contributed by atoms with E-state index in [1.165, 1.54) is 11.1 Å². The van der Waals surface area contributed by atoms with Crippen LogP contribution in [-0.4, -0.2) is 37.2 Å². The first kappa shape index (κ1) is 12.0. The molecular weight excluding hydrogens is 224 g/mol. The van der Waals surface area contributed by atoms with Gasteiger partial charge in [0.1, 0.15) is 11.4 Å². The molecule has 1 aromatic rings. The molecule has 0 aliphatic carbocycles. The molecule has 3 nitrogen and oxygen atoms in total. The SMILES string of the molecule is CN1CCC(C)(Oc2cccc3c2CNCC3)C1. The molecule has 0 spiro atoms. The van der Waals surface area contributed by atoms with E-state index in [1.54, 1.807) is 0 Å². The van der Waals surface area contributed by atoms with Gasteiger partial charge in [-0.3, -0.25) is 0 Å². The van der Waals surface area contributed by atoms with Crippen molar-refractivity contribution in [3.8, 4) is 5.75 Å². The Bertz CT molecular complexity index is 446. The Labute approximate surface area is 109 Å². The fourth-order valence-corrected chi connectivity index (χ4v) is 3.08. The standard InChI is InChI=1S/C15H22N2O/c1-15(7-9-17(2)11-15)18-14-5-3-4-12-6-8-16-10-13(12)14/h3-5,16H,6-11H2,1-2H3. The summed E-state index contributed by atoms with van der Waals surface area (Å²) < 4.78 is 6.35. The minimum absolute atomic E-state index is 0.0265. The number of fused-ring (bicyclic) bond motifs is 1. The largest absolute Gasteiger partial charge is 0.486 e. The van der Waals surface area contributed by atoms with Crippen LogP contribution in [0.5, 0.6) is 5.75 Å². The molecule has 1 atom stereocenters. The Morgan fingerprint density at radius 1 is 1.39 bits per heavy atom. The summed E-state index contributed by atoms with van der Waals surface area (Å²) in [5.74, 6) is 1.08. The molecule has 0 aromatic heterocycles.